The van der Waals surface area contributed by atoms with E-state index in [0.717, 1.165) is 0 Å². The number of hydrogen-bond donors (Lipinski definition) is 2. The Labute approximate surface area is 118 Å². The van der Waals surface area contributed by atoms with Crippen molar-refractivity contribution in [3.63, 3.8) is 0 Å². The van der Waals surface area contributed by atoms with E-state index in [0.29, 0.717) is 0 Å². The van der Waals surface area contributed by atoms with Crippen LogP contribution in [0.1, 0.15) is 17.2 Å². The number of pyridine rings is 1. The van der Waals surface area contributed by atoms with E-state index in [1.54, 1.807) is 6.07 Å². The van der Waals surface area contributed by atoms with E-state index >= 15 is 0 Å². The molecule has 1 heterocycles. The quantitative estimate of drug-likeness (QED) is 0.911. The maximum absolute atomic E-state index is 12.3. The van der Waals surface area contributed by atoms with Crippen molar-refractivity contribution in [2.75, 3.05) is 5.73 Å². The summed E-state index contributed by atoms with van der Waals surface area (Å²) in [5.74, 6) is -0.0666. The Balaban J connectivity index is 2.42. The third-order valence-corrected chi connectivity index (χ3v) is 2.85. The van der Waals surface area contributed by atoms with Crippen molar-refractivity contribution < 1.29 is 18.6 Å². The van der Waals surface area contributed by atoms with Crippen molar-refractivity contribution >= 4 is 17.4 Å². The molecular formula is C13H11ClF2N2O2. The number of para-hydroxylation sites is 1. The second-order valence-electron chi connectivity index (χ2n) is 3.95. The van der Waals surface area contributed by atoms with Gasteiger partial charge in [0.25, 0.3) is 0 Å². The lowest BCUT2D eigenvalue weighted by atomic mass is 10.0. The Morgan fingerprint density at radius 1 is 1.25 bits per heavy atom. The molecular weight excluding hydrogens is 290 g/mol. The molecule has 106 valence electrons. The lowest BCUT2D eigenvalue weighted by Gasteiger charge is -2.17. The molecule has 3 N–H and O–H groups in total. The first-order chi connectivity index (χ1) is 9.49. The van der Waals surface area contributed by atoms with Crippen molar-refractivity contribution in [2.24, 2.45) is 0 Å². The van der Waals surface area contributed by atoms with Gasteiger partial charge in [-0.15, -0.1) is 0 Å². The predicted molar refractivity (Wildman–Crippen MR) is 70.8 cm³/mol. The van der Waals surface area contributed by atoms with E-state index < -0.39 is 12.7 Å². The molecule has 0 saturated heterocycles. The van der Waals surface area contributed by atoms with Gasteiger partial charge in [0, 0.05) is 17.3 Å². The molecule has 1 aromatic carbocycles. The molecule has 0 spiro atoms. The van der Waals surface area contributed by atoms with Crippen molar-refractivity contribution in [2.45, 2.75) is 12.7 Å². The largest absolute Gasteiger partial charge is 0.434 e. The van der Waals surface area contributed by atoms with Crippen LogP contribution in [-0.4, -0.2) is 16.7 Å². The van der Waals surface area contributed by atoms with Crippen LogP contribution in [0.4, 0.5) is 14.6 Å². The number of aliphatic hydroxyl groups is 1. The van der Waals surface area contributed by atoms with Crippen LogP contribution in [0.15, 0.2) is 36.5 Å². The van der Waals surface area contributed by atoms with E-state index in [1.165, 1.54) is 30.5 Å². The van der Waals surface area contributed by atoms with Crippen molar-refractivity contribution in [3.8, 4) is 5.75 Å². The normalized spacial score (nSPS) is 12.4. The van der Waals surface area contributed by atoms with Crippen molar-refractivity contribution in [1.82, 2.24) is 4.98 Å². The van der Waals surface area contributed by atoms with Crippen LogP contribution in [0, 0.1) is 0 Å². The summed E-state index contributed by atoms with van der Waals surface area (Å²) in [6, 6.07) is 7.33. The van der Waals surface area contributed by atoms with Crippen molar-refractivity contribution in [3.05, 3.63) is 52.7 Å². The number of alkyl halides is 2. The molecule has 0 saturated carbocycles. The third-order valence-electron chi connectivity index (χ3n) is 2.64. The molecule has 2 rings (SSSR count). The fourth-order valence-electron chi connectivity index (χ4n) is 1.76. The fourth-order valence-corrected chi connectivity index (χ4v) is 1.93. The van der Waals surface area contributed by atoms with Crippen LogP contribution >= 0.6 is 11.6 Å². The summed E-state index contributed by atoms with van der Waals surface area (Å²) in [7, 11) is 0. The highest BCUT2D eigenvalue weighted by Gasteiger charge is 2.20. The number of rotatable bonds is 4. The molecule has 0 radical (unpaired) electrons. The van der Waals surface area contributed by atoms with Crippen LogP contribution < -0.4 is 10.5 Å². The lowest BCUT2D eigenvalue weighted by molar-refractivity contribution is -0.0512. The highest BCUT2D eigenvalue weighted by Crippen LogP contribution is 2.33. The van der Waals surface area contributed by atoms with Gasteiger partial charge in [0.1, 0.15) is 17.7 Å². The number of ether oxygens (including phenoxy) is 1. The number of hydrogen-bond acceptors (Lipinski definition) is 4. The number of anilines is 1. The van der Waals surface area contributed by atoms with Crippen LogP contribution in [0.5, 0.6) is 5.75 Å². The molecule has 1 unspecified atom stereocenters. The van der Waals surface area contributed by atoms with Gasteiger partial charge in [0.05, 0.1) is 5.02 Å². The van der Waals surface area contributed by atoms with Gasteiger partial charge >= 0.3 is 6.61 Å². The molecule has 1 aromatic heterocycles. The van der Waals surface area contributed by atoms with Gasteiger partial charge in [-0.2, -0.15) is 8.78 Å². The molecule has 2 aromatic rings. The standard InChI is InChI=1S/C13H11ClF2N2O2/c14-7-5-9(12(17)18-6-7)11(19)8-3-1-2-4-10(8)20-13(15)16/h1-6,11,13,19H,(H2,17,18). The van der Waals surface area contributed by atoms with E-state index in [4.69, 9.17) is 17.3 Å². The van der Waals surface area contributed by atoms with Gasteiger partial charge in [-0.3, -0.25) is 0 Å². The smallest absolute Gasteiger partial charge is 0.387 e. The maximum Gasteiger partial charge on any atom is 0.387 e. The van der Waals surface area contributed by atoms with Gasteiger partial charge in [0.2, 0.25) is 0 Å². The Hall–Kier alpha value is -1.92. The topological polar surface area (TPSA) is 68.4 Å². The minimum absolute atomic E-state index is 0.0637. The Morgan fingerprint density at radius 2 is 1.95 bits per heavy atom. The molecule has 0 aliphatic rings. The zero-order chi connectivity index (χ0) is 14.7. The van der Waals surface area contributed by atoms with E-state index in [2.05, 4.69) is 9.72 Å². The summed E-state index contributed by atoms with van der Waals surface area (Å²) in [6.07, 6.45) is 0.0606. The summed E-state index contributed by atoms with van der Waals surface area (Å²) in [4.78, 5) is 3.81. The molecule has 0 aliphatic heterocycles. The molecule has 0 fully saturated rings. The summed E-state index contributed by atoms with van der Waals surface area (Å²) < 4.78 is 29.1. The minimum Gasteiger partial charge on any atom is -0.434 e. The third kappa shape index (κ3) is 3.15. The predicted octanol–water partition coefficient (Wildman–Crippen LogP) is 3.00. The van der Waals surface area contributed by atoms with Gasteiger partial charge in [0.15, 0.2) is 0 Å². The maximum atomic E-state index is 12.3. The summed E-state index contributed by atoms with van der Waals surface area (Å²) in [5, 5.41) is 10.6. The average molecular weight is 301 g/mol. The van der Waals surface area contributed by atoms with Crippen LogP contribution in [0.2, 0.25) is 5.02 Å². The molecule has 20 heavy (non-hydrogen) atoms. The van der Waals surface area contributed by atoms with E-state index in [9.17, 15) is 13.9 Å². The zero-order valence-electron chi connectivity index (χ0n) is 10.1. The second kappa shape index (κ2) is 6.02. The number of nitrogens with two attached hydrogens (primary N) is 1. The van der Waals surface area contributed by atoms with Gasteiger partial charge in [-0.05, 0) is 12.1 Å². The zero-order valence-corrected chi connectivity index (χ0v) is 10.9. The highest BCUT2D eigenvalue weighted by molar-refractivity contribution is 6.30. The number of nitrogens with zero attached hydrogens (tertiary/aromatic N) is 1. The molecule has 1 atom stereocenters. The van der Waals surface area contributed by atoms with Crippen LogP contribution in [-0.2, 0) is 0 Å². The molecule has 0 aliphatic carbocycles. The molecule has 0 amide bonds. The number of aromatic nitrogens is 1. The molecule has 4 nitrogen and oxygen atoms in total. The number of halogens is 3. The summed E-state index contributed by atoms with van der Waals surface area (Å²) in [6.45, 7) is -2.99. The molecule has 0 bridgehead atoms. The number of benzene rings is 1. The highest BCUT2D eigenvalue weighted by atomic mass is 35.5. The molecule has 7 heteroatoms. The Bertz CT molecular complexity index is 611. The fraction of sp³-hybridized carbons (Fsp3) is 0.154. The second-order valence-corrected chi connectivity index (χ2v) is 4.38. The Kier molecular flexibility index (Phi) is 4.36. The Morgan fingerprint density at radius 3 is 2.65 bits per heavy atom. The first-order valence-corrected chi connectivity index (χ1v) is 5.99. The average Bonchev–Trinajstić information content (AvgIpc) is 2.41. The number of aliphatic hydroxyl groups excluding tert-OH is 1. The van der Waals surface area contributed by atoms with Gasteiger partial charge in [-0.25, -0.2) is 4.98 Å². The van der Waals surface area contributed by atoms with Crippen LogP contribution in [0.3, 0.4) is 0 Å². The SMILES string of the molecule is Nc1ncc(Cl)cc1C(O)c1ccccc1OC(F)F. The number of nitrogen functional groups attached to an aromatic ring is 1. The summed E-state index contributed by atoms with van der Waals surface area (Å²) >= 11 is 5.79. The van der Waals surface area contributed by atoms with E-state index in [-0.39, 0.29) is 27.7 Å². The minimum atomic E-state index is -2.99. The van der Waals surface area contributed by atoms with Crippen LogP contribution in [0.25, 0.3) is 0 Å². The van der Waals surface area contributed by atoms with E-state index in [1.807, 2.05) is 0 Å². The van der Waals surface area contributed by atoms with Crippen molar-refractivity contribution in [1.29, 1.82) is 0 Å². The monoisotopic (exact) mass is 300 g/mol. The first kappa shape index (κ1) is 14.5. The summed E-state index contributed by atoms with van der Waals surface area (Å²) in [5.41, 5.74) is 6.04. The first-order valence-electron chi connectivity index (χ1n) is 5.61. The van der Waals surface area contributed by atoms with Gasteiger partial charge < -0.3 is 15.6 Å². The van der Waals surface area contributed by atoms with Gasteiger partial charge in [-0.1, -0.05) is 29.8 Å². The lowest BCUT2D eigenvalue weighted by Crippen LogP contribution is -2.10.